The Labute approximate surface area is 175 Å². The lowest BCUT2D eigenvalue weighted by atomic mass is 10.00. The summed E-state index contributed by atoms with van der Waals surface area (Å²) < 4.78 is 1.81. The highest BCUT2D eigenvalue weighted by Crippen LogP contribution is 2.19. The number of hydrogen-bond acceptors (Lipinski definition) is 7. The molecule has 1 aliphatic rings. The average molecular weight is 406 g/mol. The Morgan fingerprint density at radius 1 is 1.17 bits per heavy atom. The molecule has 1 amide bonds. The third-order valence-electron chi connectivity index (χ3n) is 5.27. The van der Waals surface area contributed by atoms with E-state index in [1.54, 1.807) is 18.6 Å². The molecular weight excluding hydrogens is 380 g/mol. The van der Waals surface area contributed by atoms with Gasteiger partial charge in [0.15, 0.2) is 5.82 Å². The molecule has 0 unspecified atom stereocenters. The lowest BCUT2D eigenvalue weighted by Crippen LogP contribution is -2.31. The van der Waals surface area contributed by atoms with Crippen molar-refractivity contribution in [2.24, 2.45) is 0 Å². The maximum atomic E-state index is 12.1. The van der Waals surface area contributed by atoms with Gasteiger partial charge in [-0.15, -0.1) is 5.10 Å². The first-order valence-electron chi connectivity index (χ1n) is 10.3. The molecule has 1 N–H and O–H groups in total. The predicted octanol–water partition coefficient (Wildman–Crippen LogP) is 1.16. The van der Waals surface area contributed by atoms with Crippen LogP contribution in [0.15, 0.2) is 42.9 Å². The summed E-state index contributed by atoms with van der Waals surface area (Å²) in [6, 6.07) is 8.58. The van der Waals surface area contributed by atoms with Gasteiger partial charge in [-0.1, -0.05) is 24.3 Å². The van der Waals surface area contributed by atoms with Gasteiger partial charge >= 0.3 is 0 Å². The normalized spacial score (nSPS) is 13.7. The Morgan fingerprint density at radius 3 is 2.93 bits per heavy atom. The quantitative estimate of drug-likeness (QED) is 0.569. The molecule has 3 heterocycles. The van der Waals surface area contributed by atoms with Gasteiger partial charge in [-0.25, -0.2) is 4.68 Å². The Bertz CT molecular complexity index is 958. The molecular formula is C21H26N8O. The second kappa shape index (κ2) is 10.0. The third-order valence-corrected chi connectivity index (χ3v) is 5.27. The van der Waals surface area contributed by atoms with E-state index in [-0.39, 0.29) is 5.91 Å². The van der Waals surface area contributed by atoms with E-state index in [1.807, 2.05) is 4.68 Å². The molecule has 0 aliphatic carbocycles. The van der Waals surface area contributed by atoms with Gasteiger partial charge in [-0.2, -0.15) is 0 Å². The summed E-state index contributed by atoms with van der Waals surface area (Å²) >= 11 is 0. The van der Waals surface area contributed by atoms with Crippen LogP contribution in [0.1, 0.15) is 35.5 Å². The molecule has 0 fully saturated rings. The van der Waals surface area contributed by atoms with E-state index in [1.165, 1.54) is 11.1 Å². The van der Waals surface area contributed by atoms with Crippen LogP contribution in [0.4, 0.5) is 0 Å². The van der Waals surface area contributed by atoms with Crippen molar-refractivity contribution in [3.8, 4) is 0 Å². The average Bonchev–Trinajstić information content (AvgIpc) is 3.21. The summed E-state index contributed by atoms with van der Waals surface area (Å²) in [6.07, 6.45) is 7.87. The summed E-state index contributed by atoms with van der Waals surface area (Å²) in [6.45, 7) is 3.81. The van der Waals surface area contributed by atoms with E-state index >= 15 is 0 Å². The van der Waals surface area contributed by atoms with Crippen molar-refractivity contribution in [1.29, 1.82) is 0 Å². The van der Waals surface area contributed by atoms with Gasteiger partial charge in [0.2, 0.25) is 5.91 Å². The second-order valence-corrected chi connectivity index (χ2v) is 7.45. The van der Waals surface area contributed by atoms with E-state index < -0.39 is 0 Å². The van der Waals surface area contributed by atoms with Crippen LogP contribution in [0, 0.1) is 0 Å². The van der Waals surface area contributed by atoms with Gasteiger partial charge < -0.3 is 5.32 Å². The van der Waals surface area contributed by atoms with E-state index in [0.29, 0.717) is 38.9 Å². The number of aryl methyl sites for hydroxylation is 1. The topological polar surface area (TPSA) is 102 Å². The zero-order valence-corrected chi connectivity index (χ0v) is 16.9. The molecule has 9 nitrogen and oxygen atoms in total. The Balaban J connectivity index is 1.19. The second-order valence-electron chi connectivity index (χ2n) is 7.45. The van der Waals surface area contributed by atoms with Crippen LogP contribution < -0.4 is 5.32 Å². The third kappa shape index (κ3) is 5.44. The zero-order chi connectivity index (χ0) is 20.6. The lowest BCUT2D eigenvalue weighted by molar-refractivity contribution is -0.121. The SMILES string of the molecule is O=C(CCCn1nnnc1CN1CCc2ccccc2C1)NCCc1cnccn1. The molecule has 0 radical (unpaired) electrons. The standard InChI is InChI=1S/C21H26N8O/c30-21(24-9-7-19-14-22-10-11-23-19)6-3-12-29-20(25-26-27-29)16-28-13-8-17-4-1-2-5-18(17)15-28/h1-2,4-5,10-11,14H,3,6-9,12-13,15-16H2,(H,24,30). The predicted molar refractivity (Wildman–Crippen MR) is 110 cm³/mol. The Kier molecular flexibility index (Phi) is 6.71. The molecule has 2 aromatic heterocycles. The van der Waals surface area contributed by atoms with Crippen LogP contribution >= 0.6 is 0 Å². The minimum Gasteiger partial charge on any atom is -0.356 e. The largest absolute Gasteiger partial charge is 0.356 e. The smallest absolute Gasteiger partial charge is 0.220 e. The first-order valence-corrected chi connectivity index (χ1v) is 10.3. The monoisotopic (exact) mass is 406 g/mol. The molecule has 0 saturated heterocycles. The fraction of sp³-hybridized carbons (Fsp3) is 0.429. The van der Waals surface area contributed by atoms with Crippen LogP contribution in [-0.2, 0) is 37.3 Å². The minimum atomic E-state index is 0.0288. The van der Waals surface area contributed by atoms with Gasteiger partial charge in [0.1, 0.15) is 0 Å². The van der Waals surface area contributed by atoms with Crippen molar-refractivity contribution in [3.63, 3.8) is 0 Å². The van der Waals surface area contributed by atoms with Crippen LogP contribution in [0.25, 0.3) is 0 Å². The van der Waals surface area contributed by atoms with Gasteiger partial charge in [-0.3, -0.25) is 19.7 Å². The molecule has 30 heavy (non-hydrogen) atoms. The van der Waals surface area contributed by atoms with Gasteiger partial charge in [0.05, 0.1) is 12.2 Å². The van der Waals surface area contributed by atoms with Gasteiger partial charge in [0.25, 0.3) is 0 Å². The minimum absolute atomic E-state index is 0.0288. The number of nitrogens with one attached hydrogen (secondary N) is 1. The number of nitrogens with zero attached hydrogens (tertiary/aromatic N) is 7. The van der Waals surface area contributed by atoms with Crippen LogP contribution in [0.3, 0.4) is 0 Å². The molecule has 1 aromatic carbocycles. The number of carbonyl (C=O) groups is 1. The van der Waals surface area contributed by atoms with E-state index in [2.05, 4.69) is 60.0 Å². The number of benzene rings is 1. The van der Waals surface area contributed by atoms with Crippen molar-refractivity contribution in [2.45, 2.75) is 45.3 Å². The van der Waals surface area contributed by atoms with Gasteiger partial charge in [0, 0.05) is 57.6 Å². The first-order chi connectivity index (χ1) is 14.8. The maximum Gasteiger partial charge on any atom is 0.220 e. The van der Waals surface area contributed by atoms with Crippen LogP contribution in [0.5, 0.6) is 0 Å². The Hall–Kier alpha value is -3.20. The number of carbonyl (C=O) groups excluding carboxylic acids is 1. The maximum absolute atomic E-state index is 12.1. The van der Waals surface area contributed by atoms with Crippen molar-refractivity contribution < 1.29 is 4.79 Å². The number of rotatable bonds is 9. The molecule has 4 rings (SSSR count). The molecule has 9 heteroatoms. The van der Waals surface area contributed by atoms with E-state index in [4.69, 9.17) is 0 Å². The van der Waals surface area contributed by atoms with E-state index in [0.717, 1.165) is 31.0 Å². The van der Waals surface area contributed by atoms with Crippen molar-refractivity contribution in [3.05, 3.63) is 65.5 Å². The van der Waals surface area contributed by atoms with Crippen molar-refractivity contribution in [1.82, 2.24) is 40.4 Å². The van der Waals surface area contributed by atoms with Crippen LogP contribution in [0.2, 0.25) is 0 Å². The zero-order valence-electron chi connectivity index (χ0n) is 16.9. The van der Waals surface area contributed by atoms with E-state index in [9.17, 15) is 4.79 Å². The lowest BCUT2D eigenvalue weighted by Gasteiger charge is -2.28. The highest BCUT2D eigenvalue weighted by Gasteiger charge is 2.18. The summed E-state index contributed by atoms with van der Waals surface area (Å²) in [5.74, 6) is 0.874. The fourth-order valence-electron chi connectivity index (χ4n) is 3.67. The summed E-state index contributed by atoms with van der Waals surface area (Å²) in [4.78, 5) is 22.6. The number of tetrazole rings is 1. The Morgan fingerprint density at radius 2 is 2.07 bits per heavy atom. The molecule has 1 aliphatic heterocycles. The molecule has 0 saturated carbocycles. The molecule has 0 atom stereocenters. The summed E-state index contributed by atoms with van der Waals surface area (Å²) in [7, 11) is 0. The molecule has 0 bridgehead atoms. The summed E-state index contributed by atoms with van der Waals surface area (Å²) in [5.41, 5.74) is 3.68. The number of amides is 1. The molecule has 0 spiro atoms. The highest BCUT2D eigenvalue weighted by molar-refractivity contribution is 5.75. The van der Waals surface area contributed by atoms with Gasteiger partial charge in [-0.05, 0) is 34.4 Å². The fourth-order valence-corrected chi connectivity index (χ4v) is 3.67. The van der Waals surface area contributed by atoms with Crippen molar-refractivity contribution in [2.75, 3.05) is 13.1 Å². The number of aromatic nitrogens is 6. The van der Waals surface area contributed by atoms with Crippen LogP contribution in [-0.4, -0.2) is 54.1 Å². The van der Waals surface area contributed by atoms with Crippen molar-refractivity contribution >= 4 is 5.91 Å². The highest BCUT2D eigenvalue weighted by atomic mass is 16.1. The number of hydrogen-bond donors (Lipinski definition) is 1. The molecule has 156 valence electrons. The molecule has 3 aromatic rings. The summed E-state index contributed by atoms with van der Waals surface area (Å²) in [5, 5.41) is 15.1. The number of fused-ring (bicyclic) bond motifs is 1. The first kappa shape index (κ1) is 20.1.